The van der Waals surface area contributed by atoms with E-state index in [2.05, 4.69) is 10.6 Å². The molecule has 0 atom stereocenters. The van der Waals surface area contributed by atoms with E-state index in [0.29, 0.717) is 24.4 Å². The maximum Gasteiger partial charge on any atom is 0.321 e. The van der Waals surface area contributed by atoms with Crippen molar-refractivity contribution in [3.8, 4) is 0 Å². The minimum atomic E-state index is -0.241. The smallest absolute Gasteiger partial charge is 0.321 e. The van der Waals surface area contributed by atoms with E-state index < -0.39 is 0 Å². The molecule has 0 spiro atoms. The number of hydrogen-bond acceptors (Lipinski definition) is 3. The molecule has 3 amide bonds. The van der Waals surface area contributed by atoms with Crippen molar-refractivity contribution in [2.24, 2.45) is 0 Å². The molecule has 6 nitrogen and oxygen atoms in total. The van der Waals surface area contributed by atoms with Gasteiger partial charge in [0, 0.05) is 44.1 Å². The number of nitrogens with one attached hydrogen (secondary N) is 2. The lowest BCUT2D eigenvalue weighted by molar-refractivity contribution is 0.0911. The summed E-state index contributed by atoms with van der Waals surface area (Å²) in [7, 11) is 3.37. The Kier molecular flexibility index (Phi) is 7.71. The molecule has 0 fully saturated rings. The summed E-state index contributed by atoms with van der Waals surface area (Å²) in [5.74, 6) is -0.114. The first kappa shape index (κ1) is 20.0. The fourth-order valence-corrected chi connectivity index (χ4v) is 1.94. The van der Waals surface area contributed by atoms with Gasteiger partial charge in [-0.2, -0.15) is 0 Å². The van der Waals surface area contributed by atoms with Crippen LogP contribution in [-0.2, 0) is 4.74 Å². The largest absolute Gasteiger partial charge is 0.385 e. The molecule has 2 N–H and O–H groups in total. The molecule has 1 aromatic rings. The maximum absolute atomic E-state index is 12.2. The SMILES string of the molecule is CCC(C)(C)NC(=O)c1ccc(NC(=O)N(C)CCCOC)cc1. The fraction of sp³-hybridized carbons (Fsp3) is 0.556. The summed E-state index contributed by atoms with van der Waals surface area (Å²) in [4.78, 5) is 25.8. The number of benzene rings is 1. The van der Waals surface area contributed by atoms with Crippen LogP contribution in [0.15, 0.2) is 24.3 Å². The van der Waals surface area contributed by atoms with E-state index in [4.69, 9.17) is 4.74 Å². The Balaban J connectivity index is 2.58. The molecule has 1 rings (SSSR count). The molecule has 0 bridgehead atoms. The van der Waals surface area contributed by atoms with Crippen molar-refractivity contribution in [1.29, 1.82) is 0 Å². The Morgan fingerprint density at radius 1 is 1.21 bits per heavy atom. The van der Waals surface area contributed by atoms with Gasteiger partial charge in [-0.3, -0.25) is 4.79 Å². The Bertz CT molecular complexity index is 541. The van der Waals surface area contributed by atoms with Crippen LogP contribution in [-0.4, -0.2) is 49.7 Å². The number of carbonyl (C=O) groups excluding carboxylic acids is 2. The van der Waals surface area contributed by atoms with Crippen molar-refractivity contribution in [3.63, 3.8) is 0 Å². The zero-order valence-electron chi connectivity index (χ0n) is 15.3. The van der Waals surface area contributed by atoms with Crippen LogP contribution in [0.25, 0.3) is 0 Å². The van der Waals surface area contributed by atoms with Gasteiger partial charge < -0.3 is 20.3 Å². The standard InChI is InChI=1S/C18H29N3O3/c1-6-18(2,3)20-16(22)14-8-10-15(11-9-14)19-17(23)21(4)12-7-13-24-5/h8-11H,6-7,12-13H2,1-5H3,(H,19,23)(H,20,22). The number of methoxy groups -OCH3 is 1. The molecule has 0 saturated heterocycles. The van der Waals surface area contributed by atoms with Crippen LogP contribution in [0.2, 0.25) is 0 Å². The minimum Gasteiger partial charge on any atom is -0.385 e. The van der Waals surface area contributed by atoms with Crippen molar-refractivity contribution in [3.05, 3.63) is 29.8 Å². The third kappa shape index (κ3) is 6.58. The van der Waals surface area contributed by atoms with E-state index in [1.54, 1.807) is 43.3 Å². The van der Waals surface area contributed by atoms with Gasteiger partial charge in [-0.1, -0.05) is 6.92 Å². The van der Waals surface area contributed by atoms with Gasteiger partial charge in [-0.15, -0.1) is 0 Å². The molecule has 0 aliphatic rings. The van der Waals surface area contributed by atoms with E-state index in [1.165, 1.54) is 0 Å². The maximum atomic E-state index is 12.2. The summed E-state index contributed by atoms with van der Waals surface area (Å²) >= 11 is 0. The summed E-state index contributed by atoms with van der Waals surface area (Å²) in [6.45, 7) is 7.24. The summed E-state index contributed by atoms with van der Waals surface area (Å²) in [5.41, 5.74) is 0.988. The number of carbonyl (C=O) groups is 2. The summed E-state index contributed by atoms with van der Waals surface area (Å²) in [5, 5.41) is 5.79. The van der Waals surface area contributed by atoms with Crippen LogP contribution in [0.5, 0.6) is 0 Å². The molecule has 0 saturated carbocycles. The zero-order valence-corrected chi connectivity index (χ0v) is 15.3. The van der Waals surface area contributed by atoms with E-state index in [-0.39, 0.29) is 17.5 Å². The lowest BCUT2D eigenvalue weighted by Gasteiger charge is -2.24. The number of ether oxygens (including phenoxy) is 1. The van der Waals surface area contributed by atoms with Crippen molar-refractivity contribution < 1.29 is 14.3 Å². The van der Waals surface area contributed by atoms with Gasteiger partial charge in [-0.05, 0) is 51.0 Å². The predicted molar refractivity (Wildman–Crippen MR) is 96.4 cm³/mol. The summed E-state index contributed by atoms with van der Waals surface area (Å²) < 4.78 is 4.97. The lowest BCUT2D eigenvalue weighted by atomic mass is 10.0. The Labute approximate surface area is 144 Å². The van der Waals surface area contributed by atoms with Crippen LogP contribution in [0, 0.1) is 0 Å². The van der Waals surface area contributed by atoms with Crippen molar-refractivity contribution in [2.45, 2.75) is 39.2 Å². The van der Waals surface area contributed by atoms with Gasteiger partial charge in [-0.25, -0.2) is 4.79 Å². The Hall–Kier alpha value is -2.08. The molecule has 0 aliphatic heterocycles. The molecular weight excluding hydrogens is 306 g/mol. The van der Waals surface area contributed by atoms with Crippen LogP contribution < -0.4 is 10.6 Å². The zero-order chi connectivity index (χ0) is 18.2. The summed E-state index contributed by atoms with van der Waals surface area (Å²) in [6, 6.07) is 6.70. The average molecular weight is 335 g/mol. The second kappa shape index (κ2) is 9.27. The van der Waals surface area contributed by atoms with E-state index in [0.717, 1.165) is 12.8 Å². The first-order valence-corrected chi connectivity index (χ1v) is 8.22. The van der Waals surface area contributed by atoms with Gasteiger partial charge in [0.05, 0.1) is 0 Å². The predicted octanol–water partition coefficient (Wildman–Crippen LogP) is 3.11. The number of urea groups is 1. The molecule has 0 aromatic heterocycles. The highest BCUT2D eigenvalue weighted by atomic mass is 16.5. The molecule has 0 radical (unpaired) electrons. The van der Waals surface area contributed by atoms with Crippen molar-refractivity contribution >= 4 is 17.6 Å². The molecular formula is C18H29N3O3. The minimum absolute atomic E-state index is 0.114. The first-order valence-electron chi connectivity index (χ1n) is 8.22. The fourth-order valence-electron chi connectivity index (χ4n) is 1.94. The molecule has 134 valence electrons. The molecule has 0 heterocycles. The van der Waals surface area contributed by atoms with E-state index in [9.17, 15) is 9.59 Å². The van der Waals surface area contributed by atoms with Gasteiger partial charge in [0.15, 0.2) is 0 Å². The monoisotopic (exact) mass is 335 g/mol. The molecule has 6 heteroatoms. The lowest BCUT2D eigenvalue weighted by Crippen LogP contribution is -2.42. The number of anilines is 1. The Morgan fingerprint density at radius 3 is 2.38 bits per heavy atom. The number of hydrogen-bond donors (Lipinski definition) is 2. The summed E-state index contributed by atoms with van der Waals surface area (Å²) in [6.07, 6.45) is 1.63. The second-order valence-electron chi connectivity index (χ2n) is 6.47. The highest BCUT2D eigenvalue weighted by molar-refractivity contribution is 5.95. The molecule has 24 heavy (non-hydrogen) atoms. The molecule has 0 unspecified atom stereocenters. The highest BCUT2D eigenvalue weighted by Crippen LogP contribution is 2.13. The van der Waals surface area contributed by atoms with Gasteiger partial charge in [0.1, 0.15) is 0 Å². The number of rotatable bonds is 8. The first-order chi connectivity index (χ1) is 11.3. The van der Waals surface area contributed by atoms with Crippen molar-refractivity contribution in [1.82, 2.24) is 10.2 Å². The highest BCUT2D eigenvalue weighted by Gasteiger charge is 2.18. The normalized spacial score (nSPS) is 11.0. The van der Waals surface area contributed by atoms with E-state index >= 15 is 0 Å². The number of nitrogens with zero attached hydrogens (tertiary/aromatic N) is 1. The van der Waals surface area contributed by atoms with Crippen LogP contribution in [0.3, 0.4) is 0 Å². The third-order valence-corrected chi connectivity index (χ3v) is 3.92. The second-order valence-corrected chi connectivity index (χ2v) is 6.47. The Morgan fingerprint density at radius 2 is 1.83 bits per heavy atom. The van der Waals surface area contributed by atoms with Crippen LogP contribution in [0.4, 0.5) is 10.5 Å². The van der Waals surface area contributed by atoms with Gasteiger partial charge >= 0.3 is 6.03 Å². The van der Waals surface area contributed by atoms with Crippen LogP contribution >= 0.6 is 0 Å². The topological polar surface area (TPSA) is 70.7 Å². The quantitative estimate of drug-likeness (QED) is 0.717. The molecule has 0 aliphatic carbocycles. The third-order valence-electron chi connectivity index (χ3n) is 3.92. The van der Waals surface area contributed by atoms with Crippen LogP contribution in [0.1, 0.15) is 44.0 Å². The number of amides is 3. The molecule has 1 aromatic carbocycles. The van der Waals surface area contributed by atoms with Crippen molar-refractivity contribution in [2.75, 3.05) is 32.6 Å². The van der Waals surface area contributed by atoms with E-state index in [1.807, 2.05) is 20.8 Å². The van der Waals surface area contributed by atoms with Gasteiger partial charge in [0.2, 0.25) is 0 Å². The average Bonchev–Trinajstić information content (AvgIpc) is 2.55. The van der Waals surface area contributed by atoms with Gasteiger partial charge in [0.25, 0.3) is 5.91 Å².